The topological polar surface area (TPSA) is 38.0 Å². The van der Waals surface area contributed by atoms with Crippen molar-refractivity contribution in [2.75, 3.05) is 0 Å². The Kier molecular flexibility index (Phi) is 4.12. The van der Waals surface area contributed by atoms with E-state index >= 15 is 0 Å². The summed E-state index contributed by atoms with van der Waals surface area (Å²) in [7, 11) is 0. The van der Waals surface area contributed by atoms with Gasteiger partial charge in [0.15, 0.2) is 0 Å². The monoisotopic (exact) mass is 296 g/mol. The minimum absolute atomic E-state index is 0.147. The van der Waals surface area contributed by atoms with Gasteiger partial charge in [-0.05, 0) is 23.1 Å². The van der Waals surface area contributed by atoms with Crippen LogP contribution in [-0.4, -0.2) is 0 Å². The van der Waals surface area contributed by atoms with Gasteiger partial charge in [-0.15, -0.1) is 11.3 Å². The minimum atomic E-state index is 0.147. The highest BCUT2D eigenvalue weighted by atomic mass is 79.9. The Morgan fingerprint density at radius 2 is 2.06 bits per heavy atom. The molecule has 1 heterocycles. The smallest absolute Gasteiger partial charge is 0.0519 e. The van der Waals surface area contributed by atoms with Crippen molar-refractivity contribution in [2.45, 2.75) is 12.5 Å². The molecule has 1 unspecified atom stereocenters. The molecule has 0 saturated carbocycles. The van der Waals surface area contributed by atoms with Crippen LogP contribution in [0.3, 0.4) is 0 Å². The van der Waals surface area contributed by atoms with Gasteiger partial charge in [-0.2, -0.15) is 0 Å². The summed E-state index contributed by atoms with van der Waals surface area (Å²) in [6.07, 6.45) is 0.913. The van der Waals surface area contributed by atoms with E-state index in [-0.39, 0.29) is 6.04 Å². The van der Waals surface area contributed by atoms with Crippen molar-refractivity contribution >= 4 is 27.3 Å². The van der Waals surface area contributed by atoms with Crippen LogP contribution in [-0.2, 0) is 6.42 Å². The molecular formula is C12H13BrN2S. The molecule has 0 aliphatic carbocycles. The third-order valence-electron chi connectivity index (χ3n) is 2.47. The Bertz CT molecular complexity index is 442. The van der Waals surface area contributed by atoms with Crippen molar-refractivity contribution in [2.24, 2.45) is 5.84 Å². The van der Waals surface area contributed by atoms with E-state index in [1.165, 1.54) is 10.4 Å². The van der Waals surface area contributed by atoms with Crippen molar-refractivity contribution in [3.8, 4) is 0 Å². The van der Waals surface area contributed by atoms with Crippen LogP contribution in [0.25, 0.3) is 0 Å². The maximum Gasteiger partial charge on any atom is 0.0519 e. The van der Waals surface area contributed by atoms with Gasteiger partial charge in [0.25, 0.3) is 0 Å². The first-order chi connectivity index (χ1) is 7.81. The van der Waals surface area contributed by atoms with Crippen molar-refractivity contribution in [3.63, 3.8) is 0 Å². The number of hydrogen-bond acceptors (Lipinski definition) is 3. The van der Waals surface area contributed by atoms with Crippen LogP contribution in [0.5, 0.6) is 0 Å². The molecule has 0 saturated heterocycles. The van der Waals surface area contributed by atoms with Crippen molar-refractivity contribution in [1.82, 2.24) is 5.43 Å². The Morgan fingerprint density at radius 1 is 1.25 bits per heavy atom. The first-order valence-electron chi connectivity index (χ1n) is 5.04. The fourth-order valence-corrected chi connectivity index (χ4v) is 2.96. The van der Waals surface area contributed by atoms with E-state index in [0.29, 0.717) is 0 Å². The molecule has 84 valence electrons. The predicted octanol–water partition coefficient (Wildman–Crippen LogP) is 3.26. The van der Waals surface area contributed by atoms with Gasteiger partial charge in [0.2, 0.25) is 0 Å². The molecular weight excluding hydrogens is 284 g/mol. The summed E-state index contributed by atoms with van der Waals surface area (Å²) in [4.78, 5) is 1.33. The van der Waals surface area contributed by atoms with E-state index in [1.54, 1.807) is 11.3 Å². The van der Waals surface area contributed by atoms with Crippen LogP contribution in [0.2, 0.25) is 0 Å². The predicted molar refractivity (Wildman–Crippen MR) is 72.2 cm³/mol. The molecule has 1 atom stereocenters. The lowest BCUT2D eigenvalue weighted by Gasteiger charge is -2.16. The SMILES string of the molecule is NNC(Cc1cccs1)c1ccccc1Br. The lowest BCUT2D eigenvalue weighted by Crippen LogP contribution is -2.29. The number of halogens is 1. The first-order valence-corrected chi connectivity index (χ1v) is 6.71. The molecule has 0 aliphatic heterocycles. The molecule has 16 heavy (non-hydrogen) atoms. The van der Waals surface area contributed by atoms with Gasteiger partial charge in [0.05, 0.1) is 6.04 Å². The van der Waals surface area contributed by atoms with Gasteiger partial charge < -0.3 is 0 Å². The highest BCUT2D eigenvalue weighted by Gasteiger charge is 2.13. The number of benzene rings is 1. The molecule has 0 fully saturated rings. The molecule has 1 aromatic carbocycles. The summed E-state index contributed by atoms with van der Waals surface area (Å²) in [5.74, 6) is 5.62. The van der Waals surface area contributed by atoms with E-state index in [9.17, 15) is 0 Å². The van der Waals surface area contributed by atoms with E-state index in [1.807, 2.05) is 18.2 Å². The molecule has 0 bridgehead atoms. The molecule has 0 spiro atoms. The summed E-state index contributed by atoms with van der Waals surface area (Å²) in [5, 5.41) is 2.09. The number of nitrogens with one attached hydrogen (secondary N) is 1. The second-order valence-electron chi connectivity index (χ2n) is 3.52. The molecule has 2 aromatic rings. The van der Waals surface area contributed by atoms with Crippen LogP contribution >= 0.6 is 27.3 Å². The van der Waals surface area contributed by atoms with E-state index < -0.39 is 0 Å². The Hall–Kier alpha value is -0.680. The average molecular weight is 297 g/mol. The largest absolute Gasteiger partial charge is 0.271 e. The number of rotatable bonds is 4. The molecule has 0 radical (unpaired) electrons. The maximum atomic E-state index is 5.62. The molecule has 0 amide bonds. The fourth-order valence-electron chi connectivity index (χ4n) is 1.65. The minimum Gasteiger partial charge on any atom is -0.271 e. The zero-order valence-corrected chi connectivity index (χ0v) is 11.1. The van der Waals surface area contributed by atoms with Crippen molar-refractivity contribution in [3.05, 3.63) is 56.7 Å². The molecule has 0 aliphatic rings. The third kappa shape index (κ3) is 2.71. The first kappa shape index (κ1) is 11.8. The van der Waals surface area contributed by atoms with Crippen molar-refractivity contribution < 1.29 is 0 Å². The van der Waals surface area contributed by atoms with Gasteiger partial charge in [0.1, 0.15) is 0 Å². The zero-order valence-electron chi connectivity index (χ0n) is 8.69. The number of hydrazine groups is 1. The Labute approximate surface area is 108 Å². The van der Waals surface area contributed by atoms with Crippen LogP contribution in [0.4, 0.5) is 0 Å². The summed E-state index contributed by atoms with van der Waals surface area (Å²) in [6, 6.07) is 12.5. The zero-order chi connectivity index (χ0) is 11.4. The van der Waals surface area contributed by atoms with E-state index in [0.717, 1.165) is 10.9 Å². The van der Waals surface area contributed by atoms with Gasteiger partial charge in [0, 0.05) is 15.8 Å². The third-order valence-corrected chi connectivity index (χ3v) is 4.09. The normalized spacial score (nSPS) is 12.6. The Balaban J connectivity index is 2.20. The van der Waals surface area contributed by atoms with Gasteiger partial charge in [-0.1, -0.05) is 40.2 Å². The van der Waals surface area contributed by atoms with Crippen molar-refractivity contribution in [1.29, 1.82) is 0 Å². The van der Waals surface area contributed by atoms with Crippen LogP contribution in [0.1, 0.15) is 16.5 Å². The molecule has 2 nitrogen and oxygen atoms in total. The summed E-state index contributed by atoms with van der Waals surface area (Å²) < 4.78 is 1.09. The lowest BCUT2D eigenvalue weighted by molar-refractivity contribution is 0.553. The number of nitrogens with two attached hydrogens (primary N) is 1. The van der Waals surface area contributed by atoms with Gasteiger partial charge in [-0.25, -0.2) is 0 Å². The number of hydrogen-bond donors (Lipinski definition) is 2. The highest BCUT2D eigenvalue weighted by Crippen LogP contribution is 2.26. The van der Waals surface area contributed by atoms with Crippen LogP contribution in [0, 0.1) is 0 Å². The molecule has 2 rings (SSSR count). The molecule has 4 heteroatoms. The number of thiophene rings is 1. The summed E-state index contributed by atoms with van der Waals surface area (Å²) in [6.45, 7) is 0. The van der Waals surface area contributed by atoms with Crippen LogP contribution < -0.4 is 11.3 Å². The fraction of sp³-hybridized carbons (Fsp3) is 0.167. The molecule has 1 aromatic heterocycles. The second-order valence-corrected chi connectivity index (χ2v) is 5.41. The second kappa shape index (κ2) is 5.59. The highest BCUT2D eigenvalue weighted by molar-refractivity contribution is 9.10. The lowest BCUT2D eigenvalue weighted by atomic mass is 10.0. The summed E-state index contributed by atoms with van der Waals surface area (Å²) in [5.41, 5.74) is 4.07. The molecule has 3 N–H and O–H groups in total. The van der Waals surface area contributed by atoms with E-state index in [2.05, 4.69) is 44.9 Å². The van der Waals surface area contributed by atoms with Gasteiger partial charge in [-0.3, -0.25) is 11.3 Å². The van der Waals surface area contributed by atoms with Crippen LogP contribution in [0.15, 0.2) is 46.3 Å². The Morgan fingerprint density at radius 3 is 2.69 bits per heavy atom. The van der Waals surface area contributed by atoms with Gasteiger partial charge >= 0.3 is 0 Å². The quantitative estimate of drug-likeness (QED) is 0.671. The average Bonchev–Trinajstić information content (AvgIpc) is 2.80. The summed E-state index contributed by atoms with van der Waals surface area (Å²) >= 11 is 5.31. The van der Waals surface area contributed by atoms with E-state index in [4.69, 9.17) is 5.84 Å². The maximum absolute atomic E-state index is 5.62. The standard InChI is InChI=1S/C12H13BrN2S/c13-11-6-2-1-5-10(11)12(15-14)8-9-4-3-7-16-9/h1-7,12,15H,8,14H2.